The number of sulfonamides is 1. The quantitative estimate of drug-likeness (QED) is 0.890. The minimum Gasteiger partial charge on any atom is -0.457 e. The highest BCUT2D eigenvalue weighted by molar-refractivity contribution is 7.89. The number of ether oxygens (including phenoxy) is 1. The average molecular weight is 360 g/mol. The first-order valence-corrected chi connectivity index (χ1v) is 9.95. The molecule has 5 nitrogen and oxygen atoms in total. The zero-order chi connectivity index (χ0) is 17.9. The van der Waals surface area contributed by atoms with Gasteiger partial charge in [0.1, 0.15) is 11.5 Å². The zero-order valence-corrected chi connectivity index (χ0v) is 15.4. The van der Waals surface area contributed by atoms with Crippen LogP contribution in [0.3, 0.4) is 0 Å². The largest absolute Gasteiger partial charge is 0.457 e. The van der Waals surface area contributed by atoms with Crippen molar-refractivity contribution in [2.75, 3.05) is 20.1 Å². The third kappa shape index (κ3) is 4.21. The summed E-state index contributed by atoms with van der Waals surface area (Å²) in [6, 6.07) is 14.8. The first kappa shape index (κ1) is 17.9. The van der Waals surface area contributed by atoms with Gasteiger partial charge in [0.05, 0.1) is 4.90 Å². The summed E-state index contributed by atoms with van der Waals surface area (Å²) in [5, 5.41) is 3.21. The second kappa shape index (κ2) is 7.56. The Balaban J connectivity index is 1.71. The molecule has 134 valence electrons. The molecule has 0 spiro atoms. The van der Waals surface area contributed by atoms with Crippen LogP contribution in [0.1, 0.15) is 18.4 Å². The number of piperidine rings is 1. The lowest BCUT2D eigenvalue weighted by atomic mass is 10.1. The number of benzene rings is 2. The number of aryl methyl sites for hydroxylation is 1. The van der Waals surface area contributed by atoms with Crippen molar-refractivity contribution in [1.82, 2.24) is 9.62 Å². The van der Waals surface area contributed by atoms with Gasteiger partial charge in [-0.2, -0.15) is 4.31 Å². The highest BCUT2D eigenvalue weighted by Gasteiger charge is 2.28. The summed E-state index contributed by atoms with van der Waals surface area (Å²) in [6.45, 7) is 3.10. The summed E-state index contributed by atoms with van der Waals surface area (Å²) in [5.41, 5.74) is 1.11. The molecule has 6 heteroatoms. The molecule has 0 aromatic heterocycles. The summed E-state index contributed by atoms with van der Waals surface area (Å²) in [7, 11) is -1.52. The van der Waals surface area contributed by atoms with Gasteiger partial charge in [-0.3, -0.25) is 0 Å². The minimum absolute atomic E-state index is 0.312. The highest BCUT2D eigenvalue weighted by atomic mass is 32.2. The van der Waals surface area contributed by atoms with Crippen LogP contribution < -0.4 is 10.1 Å². The van der Waals surface area contributed by atoms with Crippen molar-refractivity contribution in [2.24, 2.45) is 0 Å². The van der Waals surface area contributed by atoms with Gasteiger partial charge < -0.3 is 10.1 Å². The fraction of sp³-hybridized carbons (Fsp3) is 0.368. The molecule has 0 aliphatic carbocycles. The first-order valence-electron chi connectivity index (χ1n) is 8.51. The smallest absolute Gasteiger partial charge is 0.243 e. The van der Waals surface area contributed by atoms with Gasteiger partial charge in [-0.1, -0.05) is 12.1 Å². The maximum absolute atomic E-state index is 12.8. The molecule has 2 aromatic rings. The molecule has 0 atom stereocenters. The molecule has 25 heavy (non-hydrogen) atoms. The van der Waals surface area contributed by atoms with E-state index in [2.05, 4.69) is 5.32 Å². The van der Waals surface area contributed by atoms with Crippen molar-refractivity contribution < 1.29 is 13.2 Å². The molecule has 1 fully saturated rings. The minimum atomic E-state index is -3.44. The summed E-state index contributed by atoms with van der Waals surface area (Å²) >= 11 is 0. The molecule has 0 radical (unpaired) electrons. The third-order valence-electron chi connectivity index (χ3n) is 4.55. The lowest BCUT2D eigenvalue weighted by Gasteiger charge is -2.31. The average Bonchev–Trinajstić information content (AvgIpc) is 2.62. The molecular weight excluding hydrogens is 336 g/mol. The second-order valence-electron chi connectivity index (χ2n) is 6.36. The summed E-state index contributed by atoms with van der Waals surface area (Å²) in [4.78, 5) is 0.312. The molecule has 1 heterocycles. The van der Waals surface area contributed by atoms with E-state index in [1.54, 1.807) is 28.6 Å². The van der Waals surface area contributed by atoms with Gasteiger partial charge in [-0.05, 0) is 68.8 Å². The fourth-order valence-electron chi connectivity index (χ4n) is 3.03. The Morgan fingerprint density at radius 2 is 1.72 bits per heavy atom. The lowest BCUT2D eigenvalue weighted by molar-refractivity contribution is 0.298. The van der Waals surface area contributed by atoms with Crippen LogP contribution in [0.5, 0.6) is 11.5 Å². The number of rotatable bonds is 5. The van der Waals surface area contributed by atoms with Crippen molar-refractivity contribution in [2.45, 2.75) is 30.7 Å². The fourth-order valence-corrected chi connectivity index (χ4v) is 4.50. The SMILES string of the molecule is CNC1CCN(S(=O)(=O)c2ccc(Oc3cccc(C)c3)cc2)CC1. The summed E-state index contributed by atoms with van der Waals surface area (Å²) in [5.74, 6) is 1.36. The number of nitrogens with one attached hydrogen (secondary N) is 1. The van der Waals surface area contributed by atoms with E-state index in [0.717, 1.165) is 24.2 Å². The molecule has 3 rings (SSSR count). The van der Waals surface area contributed by atoms with E-state index in [1.807, 2.05) is 38.2 Å². The van der Waals surface area contributed by atoms with Gasteiger partial charge >= 0.3 is 0 Å². The zero-order valence-electron chi connectivity index (χ0n) is 14.6. The third-order valence-corrected chi connectivity index (χ3v) is 6.46. The normalized spacial score (nSPS) is 16.7. The van der Waals surface area contributed by atoms with Crippen LogP contribution in [0.15, 0.2) is 53.4 Å². The summed E-state index contributed by atoms with van der Waals surface area (Å²) < 4.78 is 32.9. The maximum Gasteiger partial charge on any atom is 0.243 e. The highest BCUT2D eigenvalue weighted by Crippen LogP contribution is 2.26. The van der Waals surface area contributed by atoms with Crippen LogP contribution in [-0.4, -0.2) is 38.9 Å². The standard InChI is InChI=1S/C19H24N2O3S/c1-15-4-3-5-18(14-15)24-17-6-8-19(9-7-17)25(22,23)21-12-10-16(20-2)11-13-21/h3-9,14,16,20H,10-13H2,1-2H3. The Kier molecular flexibility index (Phi) is 5.42. The van der Waals surface area contributed by atoms with Crippen molar-refractivity contribution in [3.8, 4) is 11.5 Å². The van der Waals surface area contributed by atoms with Crippen LogP contribution in [0.2, 0.25) is 0 Å². The van der Waals surface area contributed by atoms with Gasteiger partial charge in [-0.15, -0.1) is 0 Å². The monoisotopic (exact) mass is 360 g/mol. The Morgan fingerprint density at radius 1 is 1.04 bits per heavy atom. The van der Waals surface area contributed by atoms with Gasteiger partial charge in [0.15, 0.2) is 0 Å². The Hall–Kier alpha value is -1.89. The van der Waals surface area contributed by atoms with Gasteiger partial charge in [-0.25, -0.2) is 8.42 Å². The Bertz CT molecular complexity index is 811. The van der Waals surface area contributed by atoms with E-state index in [1.165, 1.54) is 0 Å². The summed E-state index contributed by atoms with van der Waals surface area (Å²) in [6.07, 6.45) is 1.68. The molecule has 0 saturated carbocycles. The molecule has 0 bridgehead atoms. The molecule has 1 N–H and O–H groups in total. The number of hydrogen-bond donors (Lipinski definition) is 1. The Labute approximate surface area is 149 Å². The molecule has 0 unspecified atom stereocenters. The van der Waals surface area contributed by atoms with Gasteiger partial charge in [0.25, 0.3) is 0 Å². The van der Waals surface area contributed by atoms with E-state index in [4.69, 9.17) is 4.74 Å². The Morgan fingerprint density at radius 3 is 2.32 bits per heavy atom. The number of nitrogens with zero attached hydrogens (tertiary/aromatic N) is 1. The predicted molar refractivity (Wildman–Crippen MR) is 98.5 cm³/mol. The second-order valence-corrected chi connectivity index (χ2v) is 8.29. The van der Waals surface area contributed by atoms with E-state index in [9.17, 15) is 8.42 Å². The van der Waals surface area contributed by atoms with E-state index in [-0.39, 0.29) is 0 Å². The van der Waals surface area contributed by atoms with Crippen LogP contribution in [0.25, 0.3) is 0 Å². The lowest BCUT2D eigenvalue weighted by Crippen LogP contribution is -2.43. The van der Waals surface area contributed by atoms with E-state index < -0.39 is 10.0 Å². The molecule has 1 saturated heterocycles. The molecule has 0 amide bonds. The first-order chi connectivity index (χ1) is 12.0. The van der Waals surface area contributed by atoms with Crippen molar-refractivity contribution in [3.05, 3.63) is 54.1 Å². The predicted octanol–water partition coefficient (Wildman–Crippen LogP) is 3.16. The number of hydrogen-bond acceptors (Lipinski definition) is 4. The van der Waals surface area contributed by atoms with Crippen molar-refractivity contribution in [3.63, 3.8) is 0 Å². The molecule has 2 aromatic carbocycles. The van der Waals surface area contributed by atoms with Crippen molar-refractivity contribution in [1.29, 1.82) is 0 Å². The molecular formula is C19H24N2O3S. The maximum atomic E-state index is 12.8. The van der Waals surface area contributed by atoms with E-state index in [0.29, 0.717) is 29.8 Å². The van der Waals surface area contributed by atoms with Gasteiger partial charge in [0, 0.05) is 19.1 Å². The van der Waals surface area contributed by atoms with Gasteiger partial charge in [0.2, 0.25) is 10.0 Å². The van der Waals surface area contributed by atoms with Crippen molar-refractivity contribution >= 4 is 10.0 Å². The van der Waals surface area contributed by atoms with Crippen LogP contribution in [-0.2, 0) is 10.0 Å². The molecule has 1 aliphatic rings. The topological polar surface area (TPSA) is 58.6 Å². The molecule has 1 aliphatic heterocycles. The van der Waals surface area contributed by atoms with Crippen LogP contribution in [0, 0.1) is 6.92 Å². The van der Waals surface area contributed by atoms with Crippen LogP contribution in [0.4, 0.5) is 0 Å². The van der Waals surface area contributed by atoms with E-state index >= 15 is 0 Å². The van der Waals surface area contributed by atoms with Crippen LogP contribution >= 0.6 is 0 Å².